The van der Waals surface area contributed by atoms with Crippen LogP contribution in [0, 0.1) is 6.92 Å². The van der Waals surface area contributed by atoms with E-state index in [1.54, 1.807) is 18.6 Å². The van der Waals surface area contributed by atoms with Crippen molar-refractivity contribution in [1.29, 1.82) is 0 Å². The maximum atomic E-state index is 5.74. The van der Waals surface area contributed by atoms with Crippen molar-refractivity contribution in [1.82, 2.24) is 34.8 Å². The number of nitrogens with zero attached hydrogens (tertiary/aromatic N) is 7. The molecule has 2 atom stereocenters. The molecule has 1 saturated heterocycles. The molecular formula is C22H23N7O. The van der Waals surface area contributed by atoms with Crippen LogP contribution in [0.4, 0.5) is 0 Å². The van der Waals surface area contributed by atoms with Crippen LogP contribution in [-0.2, 0) is 13.6 Å². The molecule has 0 bridgehead atoms. The fourth-order valence-corrected chi connectivity index (χ4v) is 4.25. The molecular weight excluding hydrogens is 378 g/mol. The summed E-state index contributed by atoms with van der Waals surface area (Å²) in [6.07, 6.45) is 9.31. The zero-order valence-electron chi connectivity index (χ0n) is 17.0. The number of hydrogen-bond donors (Lipinski definition) is 0. The molecule has 1 fully saturated rings. The van der Waals surface area contributed by atoms with Gasteiger partial charge in [0.2, 0.25) is 11.7 Å². The van der Waals surface area contributed by atoms with Gasteiger partial charge in [-0.2, -0.15) is 10.1 Å². The van der Waals surface area contributed by atoms with E-state index < -0.39 is 0 Å². The van der Waals surface area contributed by atoms with Crippen LogP contribution in [0.3, 0.4) is 0 Å². The molecule has 0 aliphatic carbocycles. The molecule has 1 aliphatic heterocycles. The summed E-state index contributed by atoms with van der Waals surface area (Å²) < 4.78 is 7.61. The lowest BCUT2D eigenvalue weighted by atomic mass is 9.90. The third-order valence-corrected chi connectivity index (χ3v) is 5.71. The Labute approximate surface area is 174 Å². The Kier molecular flexibility index (Phi) is 4.84. The Bertz CT molecular complexity index is 1120. The van der Waals surface area contributed by atoms with Gasteiger partial charge in [0, 0.05) is 74.7 Å². The van der Waals surface area contributed by atoms with Crippen molar-refractivity contribution in [2.45, 2.75) is 25.3 Å². The number of pyridine rings is 2. The van der Waals surface area contributed by atoms with E-state index in [1.807, 2.05) is 36.1 Å². The topological polar surface area (TPSA) is 85.8 Å². The lowest BCUT2D eigenvalue weighted by Gasteiger charge is -2.15. The molecule has 5 rings (SSSR count). The van der Waals surface area contributed by atoms with Crippen molar-refractivity contribution in [3.63, 3.8) is 0 Å². The summed E-state index contributed by atoms with van der Waals surface area (Å²) in [4.78, 5) is 15.6. The molecule has 1 aliphatic rings. The van der Waals surface area contributed by atoms with Gasteiger partial charge in [0.05, 0.1) is 11.6 Å². The molecule has 0 radical (unpaired) electrons. The smallest absolute Gasteiger partial charge is 0.232 e. The lowest BCUT2D eigenvalue weighted by molar-refractivity contribution is 0.308. The zero-order valence-corrected chi connectivity index (χ0v) is 17.0. The summed E-state index contributed by atoms with van der Waals surface area (Å²) in [6.45, 7) is 4.64. The molecule has 4 aromatic rings. The van der Waals surface area contributed by atoms with E-state index in [9.17, 15) is 0 Å². The third-order valence-electron chi connectivity index (χ3n) is 5.71. The van der Waals surface area contributed by atoms with Crippen LogP contribution in [0.15, 0.2) is 59.8 Å². The molecule has 5 heterocycles. The molecule has 0 N–H and O–H groups in total. The van der Waals surface area contributed by atoms with Gasteiger partial charge in [-0.15, -0.1) is 0 Å². The summed E-state index contributed by atoms with van der Waals surface area (Å²) in [7, 11) is 1.96. The van der Waals surface area contributed by atoms with Crippen LogP contribution in [0.25, 0.3) is 11.4 Å². The normalized spacial score (nSPS) is 19.4. The summed E-state index contributed by atoms with van der Waals surface area (Å²) in [5, 5.41) is 8.70. The second kappa shape index (κ2) is 7.79. The number of hydrogen-bond acceptors (Lipinski definition) is 7. The second-order valence-electron chi connectivity index (χ2n) is 7.80. The molecule has 4 aromatic heterocycles. The van der Waals surface area contributed by atoms with Crippen LogP contribution in [0.5, 0.6) is 0 Å². The SMILES string of the molecule is Cc1nn(C)cc1CN1C[C@@H](c2cccnc2)[C@H](c2nc(-c3ccncc3)no2)C1. The van der Waals surface area contributed by atoms with E-state index in [4.69, 9.17) is 9.51 Å². The molecule has 0 amide bonds. The second-order valence-corrected chi connectivity index (χ2v) is 7.80. The van der Waals surface area contributed by atoms with E-state index in [2.05, 4.69) is 44.3 Å². The van der Waals surface area contributed by atoms with E-state index in [0.29, 0.717) is 11.7 Å². The van der Waals surface area contributed by atoms with Crippen molar-refractivity contribution in [2.24, 2.45) is 7.05 Å². The summed E-state index contributed by atoms with van der Waals surface area (Å²) in [5.41, 5.74) is 4.40. The maximum absolute atomic E-state index is 5.74. The Morgan fingerprint density at radius 1 is 1.07 bits per heavy atom. The summed E-state index contributed by atoms with van der Waals surface area (Å²) in [6, 6.07) is 7.89. The monoisotopic (exact) mass is 401 g/mol. The first-order chi connectivity index (χ1) is 14.7. The summed E-state index contributed by atoms with van der Waals surface area (Å²) >= 11 is 0. The average Bonchev–Trinajstić information content (AvgIpc) is 3.48. The lowest BCUT2D eigenvalue weighted by Crippen LogP contribution is -2.20. The molecule has 8 heteroatoms. The zero-order chi connectivity index (χ0) is 20.5. The molecule has 0 unspecified atom stereocenters. The average molecular weight is 401 g/mol. The van der Waals surface area contributed by atoms with E-state index in [-0.39, 0.29) is 11.8 Å². The Hall–Kier alpha value is -3.39. The first-order valence-electron chi connectivity index (χ1n) is 10.0. The number of aryl methyl sites for hydroxylation is 2. The van der Waals surface area contributed by atoms with Crippen molar-refractivity contribution in [2.75, 3.05) is 13.1 Å². The first-order valence-corrected chi connectivity index (χ1v) is 10.0. The fraction of sp³-hybridized carbons (Fsp3) is 0.318. The largest absolute Gasteiger partial charge is 0.339 e. The predicted octanol–water partition coefficient (Wildman–Crippen LogP) is 2.95. The van der Waals surface area contributed by atoms with Gasteiger partial charge in [-0.3, -0.25) is 19.5 Å². The standard InChI is InChI=1S/C22H23N7O/c1-15-18(11-28(2)26-15)12-29-13-19(17-4-3-7-24-10-17)20(14-29)22-25-21(27-30-22)16-5-8-23-9-6-16/h3-11,19-20H,12-14H2,1-2H3/t19-,20+/m0/s1. The van der Waals surface area contributed by atoms with Gasteiger partial charge >= 0.3 is 0 Å². The number of rotatable bonds is 5. The number of aromatic nitrogens is 6. The van der Waals surface area contributed by atoms with Crippen LogP contribution in [0.2, 0.25) is 0 Å². The van der Waals surface area contributed by atoms with Gasteiger partial charge < -0.3 is 4.52 Å². The minimum Gasteiger partial charge on any atom is -0.339 e. The van der Waals surface area contributed by atoms with E-state index >= 15 is 0 Å². The van der Waals surface area contributed by atoms with Gasteiger partial charge in [0.1, 0.15) is 0 Å². The molecule has 0 aromatic carbocycles. The van der Waals surface area contributed by atoms with Crippen molar-refractivity contribution in [3.05, 3.63) is 78.0 Å². The number of likely N-dealkylation sites (tertiary alicyclic amines) is 1. The quantitative estimate of drug-likeness (QED) is 0.508. The minimum absolute atomic E-state index is 0.106. The van der Waals surface area contributed by atoms with Crippen molar-refractivity contribution in [3.8, 4) is 11.4 Å². The van der Waals surface area contributed by atoms with Gasteiger partial charge in [0.15, 0.2) is 0 Å². The highest BCUT2D eigenvalue weighted by Gasteiger charge is 2.38. The Balaban J connectivity index is 1.44. The van der Waals surface area contributed by atoms with Gasteiger partial charge in [-0.25, -0.2) is 0 Å². The van der Waals surface area contributed by atoms with Gasteiger partial charge in [0.25, 0.3) is 0 Å². The first kappa shape index (κ1) is 18.6. The fourth-order valence-electron chi connectivity index (χ4n) is 4.25. The van der Waals surface area contributed by atoms with E-state index in [0.717, 1.165) is 30.9 Å². The Morgan fingerprint density at radius 2 is 1.90 bits per heavy atom. The minimum atomic E-state index is 0.106. The van der Waals surface area contributed by atoms with Crippen LogP contribution in [0.1, 0.15) is 34.5 Å². The predicted molar refractivity (Wildman–Crippen MR) is 110 cm³/mol. The highest BCUT2D eigenvalue weighted by atomic mass is 16.5. The van der Waals surface area contributed by atoms with Gasteiger partial charge in [-0.1, -0.05) is 11.2 Å². The highest BCUT2D eigenvalue weighted by Crippen LogP contribution is 2.40. The van der Waals surface area contributed by atoms with Crippen LogP contribution < -0.4 is 0 Å². The van der Waals surface area contributed by atoms with Crippen LogP contribution >= 0.6 is 0 Å². The molecule has 152 valence electrons. The van der Waals surface area contributed by atoms with Crippen molar-refractivity contribution < 1.29 is 4.52 Å². The Morgan fingerprint density at radius 3 is 2.63 bits per heavy atom. The molecule has 30 heavy (non-hydrogen) atoms. The molecule has 0 spiro atoms. The van der Waals surface area contributed by atoms with Crippen molar-refractivity contribution >= 4 is 0 Å². The van der Waals surface area contributed by atoms with Crippen LogP contribution in [-0.4, -0.2) is 47.9 Å². The summed E-state index contributed by atoms with van der Waals surface area (Å²) in [5.74, 6) is 1.61. The third kappa shape index (κ3) is 3.61. The maximum Gasteiger partial charge on any atom is 0.232 e. The van der Waals surface area contributed by atoms with E-state index in [1.165, 1.54) is 11.1 Å². The highest BCUT2D eigenvalue weighted by molar-refractivity contribution is 5.52. The molecule has 8 nitrogen and oxygen atoms in total. The molecule has 0 saturated carbocycles. The van der Waals surface area contributed by atoms with Gasteiger partial charge in [-0.05, 0) is 30.7 Å².